The second-order valence-corrected chi connectivity index (χ2v) is 4.33. The molecule has 0 amide bonds. The molecule has 0 nitrogen and oxygen atoms in total. The Labute approximate surface area is 115 Å². The van der Waals surface area contributed by atoms with Gasteiger partial charge in [0.25, 0.3) is 0 Å². The van der Waals surface area contributed by atoms with Crippen molar-refractivity contribution in [3.05, 3.63) is 97.1 Å². The van der Waals surface area contributed by atoms with Gasteiger partial charge in [0, 0.05) is 0 Å². The predicted molar refractivity (Wildman–Crippen MR) is 84.3 cm³/mol. The van der Waals surface area contributed by atoms with Crippen LogP contribution in [0.3, 0.4) is 0 Å². The van der Waals surface area contributed by atoms with Crippen LogP contribution in [0.4, 0.5) is 0 Å². The molecule has 0 aliphatic carbocycles. The van der Waals surface area contributed by atoms with E-state index in [0.717, 1.165) is 6.42 Å². The van der Waals surface area contributed by atoms with E-state index in [1.807, 2.05) is 24.3 Å². The van der Waals surface area contributed by atoms with Gasteiger partial charge in [0.05, 0.1) is 0 Å². The summed E-state index contributed by atoms with van der Waals surface area (Å²) in [5.74, 6) is 0. The van der Waals surface area contributed by atoms with Crippen molar-refractivity contribution in [1.29, 1.82) is 0 Å². The van der Waals surface area contributed by atoms with Crippen LogP contribution >= 0.6 is 0 Å². The van der Waals surface area contributed by atoms with Crippen molar-refractivity contribution in [2.24, 2.45) is 0 Å². The van der Waals surface area contributed by atoms with Gasteiger partial charge in [-0.2, -0.15) is 0 Å². The van der Waals surface area contributed by atoms with Gasteiger partial charge in [-0.25, -0.2) is 0 Å². The monoisotopic (exact) mass is 246 g/mol. The van der Waals surface area contributed by atoms with Crippen LogP contribution in [0, 0.1) is 0 Å². The number of benzene rings is 3. The third kappa shape index (κ3) is 4.11. The molecule has 0 aromatic heterocycles. The molecule has 0 saturated heterocycles. The maximum Gasteiger partial charge on any atom is -0.0100 e. The molecule has 0 heteroatoms. The first-order chi connectivity index (χ1) is 9.40. The lowest BCUT2D eigenvalue weighted by Crippen LogP contribution is -1.75. The lowest BCUT2D eigenvalue weighted by atomic mass is 10.1. The summed E-state index contributed by atoms with van der Waals surface area (Å²) >= 11 is 0. The number of allylic oxidation sites excluding steroid dienone is 1. The first-order valence-corrected chi connectivity index (χ1v) is 6.49. The fraction of sp³-hybridized carbons (Fsp3) is 0.0526. The first-order valence-electron chi connectivity index (χ1n) is 6.49. The zero-order valence-electron chi connectivity index (χ0n) is 11.0. The average molecular weight is 246 g/mol. The average Bonchev–Trinajstić information content (AvgIpc) is 2.50. The summed E-state index contributed by atoms with van der Waals surface area (Å²) < 4.78 is 0. The van der Waals surface area contributed by atoms with Crippen LogP contribution in [0.2, 0.25) is 0 Å². The molecule has 0 unspecified atom stereocenters. The van der Waals surface area contributed by atoms with Gasteiger partial charge in [0.15, 0.2) is 0 Å². The maximum atomic E-state index is 3.66. The van der Waals surface area contributed by atoms with Crippen molar-refractivity contribution in [2.45, 2.75) is 6.42 Å². The third-order valence-corrected chi connectivity index (χ3v) is 2.88. The van der Waals surface area contributed by atoms with E-state index in [9.17, 15) is 0 Å². The van der Waals surface area contributed by atoms with Gasteiger partial charge in [-0.15, -0.1) is 6.58 Å². The lowest BCUT2D eigenvalue weighted by Gasteiger charge is -1.92. The molecule has 0 N–H and O–H groups in total. The standard InChI is InChI=1S/C10H8.C9H10/c1-2-6-10-8-4-3-7-9(10)5-1;1-2-6-9-7-4-3-5-8-9/h1-8H;2-5,7-8H,1,6H2. The first kappa shape index (κ1) is 13.1. The van der Waals surface area contributed by atoms with Crippen LogP contribution in [0.15, 0.2) is 91.5 Å². The highest BCUT2D eigenvalue weighted by Gasteiger charge is 1.85. The van der Waals surface area contributed by atoms with E-state index in [4.69, 9.17) is 0 Å². The minimum absolute atomic E-state index is 0.973. The van der Waals surface area contributed by atoms with Crippen molar-refractivity contribution in [3.63, 3.8) is 0 Å². The second kappa shape index (κ2) is 7.17. The Balaban J connectivity index is 0.000000141. The van der Waals surface area contributed by atoms with Gasteiger partial charge >= 0.3 is 0 Å². The van der Waals surface area contributed by atoms with Crippen molar-refractivity contribution < 1.29 is 0 Å². The molecule has 0 fully saturated rings. The Morgan fingerprint density at radius 1 is 0.632 bits per heavy atom. The van der Waals surface area contributed by atoms with E-state index in [2.05, 4.69) is 67.2 Å². The van der Waals surface area contributed by atoms with Crippen LogP contribution in [0.5, 0.6) is 0 Å². The molecular weight excluding hydrogens is 228 g/mol. The van der Waals surface area contributed by atoms with Crippen molar-refractivity contribution >= 4 is 10.8 Å². The predicted octanol–water partition coefficient (Wildman–Crippen LogP) is 5.25. The Kier molecular flexibility index (Phi) is 4.95. The molecule has 0 radical (unpaired) electrons. The molecular formula is C19H18. The molecule has 94 valence electrons. The van der Waals surface area contributed by atoms with Gasteiger partial charge in [0.2, 0.25) is 0 Å². The van der Waals surface area contributed by atoms with Crippen molar-refractivity contribution in [3.8, 4) is 0 Å². The Morgan fingerprint density at radius 3 is 1.47 bits per heavy atom. The van der Waals surface area contributed by atoms with E-state index in [-0.39, 0.29) is 0 Å². The van der Waals surface area contributed by atoms with Gasteiger partial charge in [-0.1, -0.05) is 84.9 Å². The molecule has 0 heterocycles. The topological polar surface area (TPSA) is 0 Å². The normalized spacial score (nSPS) is 9.47. The SMILES string of the molecule is C=CCc1ccccc1.c1ccc2ccccc2c1. The maximum absolute atomic E-state index is 3.66. The van der Waals surface area contributed by atoms with Gasteiger partial charge in [-0.05, 0) is 22.8 Å². The molecule has 0 spiro atoms. The number of hydrogen-bond donors (Lipinski definition) is 0. The molecule has 0 aliphatic rings. The van der Waals surface area contributed by atoms with E-state index >= 15 is 0 Å². The van der Waals surface area contributed by atoms with Crippen LogP contribution in [-0.4, -0.2) is 0 Å². The zero-order valence-corrected chi connectivity index (χ0v) is 11.0. The van der Waals surface area contributed by atoms with Crippen LogP contribution in [0.25, 0.3) is 10.8 Å². The Bertz CT molecular complexity index is 558. The molecule has 0 bridgehead atoms. The van der Waals surface area contributed by atoms with Gasteiger partial charge in [0.1, 0.15) is 0 Å². The van der Waals surface area contributed by atoms with Crippen LogP contribution in [-0.2, 0) is 6.42 Å². The molecule has 0 saturated carbocycles. The quantitative estimate of drug-likeness (QED) is 0.541. The number of fused-ring (bicyclic) bond motifs is 1. The van der Waals surface area contributed by atoms with E-state index in [0.29, 0.717) is 0 Å². The van der Waals surface area contributed by atoms with Gasteiger partial charge < -0.3 is 0 Å². The summed E-state index contributed by atoms with van der Waals surface area (Å²) in [5, 5.41) is 2.62. The summed E-state index contributed by atoms with van der Waals surface area (Å²) in [6.07, 6.45) is 2.89. The minimum atomic E-state index is 0.973. The molecule has 19 heavy (non-hydrogen) atoms. The highest BCUT2D eigenvalue weighted by Crippen LogP contribution is 2.11. The molecule has 3 aromatic rings. The van der Waals surface area contributed by atoms with E-state index in [1.165, 1.54) is 16.3 Å². The second-order valence-electron chi connectivity index (χ2n) is 4.33. The Morgan fingerprint density at radius 2 is 1.05 bits per heavy atom. The summed E-state index contributed by atoms with van der Waals surface area (Å²) in [6.45, 7) is 3.66. The van der Waals surface area contributed by atoms with Gasteiger partial charge in [-0.3, -0.25) is 0 Å². The van der Waals surface area contributed by atoms with E-state index < -0.39 is 0 Å². The van der Waals surface area contributed by atoms with Crippen LogP contribution < -0.4 is 0 Å². The largest absolute Gasteiger partial charge is 0.103 e. The number of rotatable bonds is 2. The summed E-state index contributed by atoms with van der Waals surface area (Å²) in [6, 6.07) is 27.0. The third-order valence-electron chi connectivity index (χ3n) is 2.88. The molecule has 0 atom stereocenters. The number of hydrogen-bond acceptors (Lipinski definition) is 0. The highest BCUT2D eigenvalue weighted by atomic mass is 13.9. The summed E-state index contributed by atoms with van der Waals surface area (Å²) in [7, 11) is 0. The van der Waals surface area contributed by atoms with Crippen LogP contribution in [0.1, 0.15) is 5.56 Å². The van der Waals surface area contributed by atoms with Crippen molar-refractivity contribution in [2.75, 3.05) is 0 Å². The lowest BCUT2D eigenvalue weighted by molar-refractivity contribution is 1.28. The van der Waals surface area contributed by atoms with Crippen molar-refractivity contribution in [1.82, 2.24) is 0 Å². The highest BCUT2D eigenvalue weighted by molar-refractivity contribution is 5.81. The summed E-state index contributed by atoms with van der Waals surface area (Å²) in [4.78, 5) is 0. The smallest absolute Gasteiger partial charge is 0.0100 e. The fourth-order valence-corrected chi connectivity index (χ4v) is 1.91. The Hall–Kier alpha value is -2.34. The van der Waals surface area contributed by atoms with E-state index in [1.54, 1.807) is 0 Å². The summed E-state index contributed by atoms with van der Waals surface area (Å²) in [5.41, 5.74) is 1.33. The molecule has 3 rings (SSSR count). The minimum Gasteiger partial charge on any atom is -0.103 e. The fourth-order valence-electron chi connectivity index (χ4n) is 1.91. The molecule has 3 aromatic carbocycles. The zero-order chi connectivity index (χ0) is 13.3. The molecule has 0 aliphatic heterocycles.